The van der Waals surface area contributed by atoms with Crippen molar-refractivity contribution in [2.24, 2.45) is 0 Å². The quantitative estimate of drug-likeness (QED) is 0.554. The van der Waals surface area contributed by atoms with E-state index in [2.05, 4.69) is 5.92 Å². The van der Waals surface area contributed by atoms with Crippen molar-refractivity contribution in [2.45, 2.75) is 63.7 Å². The molecule has 5 nitrogen and oxygen atoms in total. The van der Waals surface area contributed by atoms with Crippen LogP contribution in [-0.2, 0) is 19.3 Å². The third kappa shape index (κ3) is 4.64. The Morgan fingerprint density at radius 3 is 2.19 bits per heavy atom. The number of hydrogen-bond donors (Lipinski definition) is 0. The molecule has 0 bridgehead atoms. The molecule has 0 N–H and O–H groups in total. The molecule has 1 aromatic carbocycles. The molecule has 0 amide bonds. The van der Waals surface area contributed by atoms with Crippen molar-refractivity contribution in [2.75, 3.05) is 6.54 Å². The molecular formula is C20H28BNO4S. The molecule has 7 heteroatoms. The van der Waals surface area contributed by atoms with E-state index in [1.807, 2.05) is 34.6 Å². The molecule has 1 unspecified atom stereocenters. The van der Waals surface area contributed by atoms with E-state index in [4.69, 9.17) is 15.7 Å². The summed E-state index contributed by atoms with van der Waals surface area (Å²) < 4.78 is 39.1. The van der Waals surface area contributed by atoms with Gasteiger partial charge in [-0.05, 0) is 53.7 Å². The summed E-state index contributed by atoms with van der Waals surface area (Å²) in [7, 11) is -4.24. The minimum Gasteiger partial charge on any atom is -0.400 e. The molecule has 1 atom stereocenters. The van der Waals surface area contributed by atoms with Crippen molar-refractivity contribution < 1.29 is 17.7 Å². The van der Waals surface area contributed by atoms with Crippen LogP contribution in [0.25, 0.3) is 0 Å². The van der Waals surface area contributed by atoms with Crippen LogP contribution in [0.1, 0.15) is 40.2 Å². The highest BCUT2D eigenvalue weighted by Gasteiger charge is 2.50. The van der Waals surface area contributed by atoms with Crippen molar-refractivity contribution in [1.29, 1.82) is 0 Å². The number of benzene rings is 1. The molecule has 27 heavy (non-hydrogen) atoms. The first kappa shape index (κ1) is 21.7. The number of sulfonamides is 1. The first-order chi connectivity index (χ1) is 12.4. The second kappa shape index (κ2) is 7.80. The lowest BCUT2D eigenvalue weighted by Crippen LogP contribution is -2.41. The molecule has 0 aliphatic carbocycles. The van der Waals surface area contributed by atoms with Crippen LogP contribution >= 0.6 is 0 Å². The second-order valence-electron chi connectivity index (χ2n) is 7.78. The maximum absolute atomic E-state index is 13.0. The number of hydrogen-bond acceptors (Lipinski definition) is 4. The Balaban J connectivity index is 2.19. The van der Waals surface area contributed by atoms with Crippen LogP contribution < -0.4 is 0 Å². The normalized spacial score (nSPS) is 20.1. The van der Waals surface area contributed by atoms with E-state index < -0.39 is 34.4 Å². The molecule has 1 aromatic rings. The van der Waals surface area contributed by atoms with Crippen LogP contribution in [0, 0.1) is 19.3 Å². The summed E-state index contributed by atoms with van der Waals surface area (Å²) >= 11 is 0. The summed E-state index contributed by atoms with van der Waals surface area (Å²) in [6.07, 6.45) is 7.23. The zero-order chi connectivity index (χ0) is 20.5. The van der Waals surface area contributed by atoms with Gasteiger partial charge in [0.05, 0.1) is 22.1 Å². The highest BCUT2D eigenvalue weighted by atomic mass is 32.2. The van der Waals surface area contributed by atoms with Gasteiger partial charge in [0.25, 0.3) is 0 Å². The average Bonchev–Trinajstić information content (AvgIpc) is 2.78. The molecule has 1 saturated heterocycles. The van der Waals surface area contributed by atoms with E-state index in [0.29, 0.717) is 0 Å². The molecule has 1 aliphatic heterocycles. The summed E-state index contributed by atoms with van der Waals surface area (Å²) in [5.41, 5.74) is 0.106. The Labute approximate surface area is 163 Å². The largest absolute Gasteiger partial charge is 0.486 e. The third-order valence-corrected chi connectivity index (χ3v) is 7.10. The third-order valence-electron chi connectivity index (χ3n) is 5.15. The monoisotopic (exact) mass is 389 g/mol. The molecule has 0 radical (unpaired) electrons. The van der Waals surface area contributed by atoms with E-state index in [0.717, 1.165) is 5.56 Å². The van der Waals surface area contributed by atoms with Gasteiger partial charge in [-0.3, -0.25) is 0 Å². The van der Waals surface area contributed by atoms with E-state index in [1.165, 1.54) is 4.31 Å². The lowest BCUT2D eigenvalue weighted by atomic mass is 9.90. The van der Waals surface area contributed by atoms with Gasteiger partial charge < -0.3 is 9.31 Å². The molecular weight excluding hydrogens is 361 g/mol. The summed E-state index contributed by atoms with van der Waals surface area (Å²) in [5, 5.41) is 0. The Bertz CT molecular complexity index is 822. The molecule has 0 aromatic heterocycles. The maximum atomic E-state index is 13.0. The van der Waals surface area contributed by atoms with E-state index in [9.17, 15) is 8.42 Å². The van der Waals surface area contributed by atoms with Crippen molar-refractivity contribution in [3.8, 4) is 12.3 Å². The van der Waals surface area contributed by atoms with Crippen molar-refractivity contribution in [3.63, 3.8) is 0 Å². The van der Waals surface area contributed by atoms with Crippen molar-refractivity contribution >= 4 is 17.1 Å². The van der Waals surface area contributed by atoms with Crippen LogP contribution in [0.15, 0.2) is 41.2 Å². The van der Waals surface area contributed by atoms with Gasteiger partial charge in [-0.15, -0.1) is 6.42 Å². The molecule has 1 heterocycles. The first-order valence-electron chi connectivity index (χ1n) is 8.98. The van der Waals surface area contributed by atoms with E-state index >= 15 is 0 Å². The molecule has 1 aliphatic rings. The molecule has 0 saturated carbocycles. The predicted molar refractivity (Wildman–Crippen MR) is 109 cm³/mol. The molecule has 146 valence electrons. The Hall–Kier alpha value is -1.59. The molecule has 2 rings (SSSR count). The SMILES string of the molecule is C#CC(C)N(C/C=C/B1OC(C)(C)C(C)(C)O1)S(=O)(=O)c1ccc(C)cc1. The Morgan fingerprint density at radius 1 is 1.19 bits per heavy atom. The topological polar surface area (TPSA) is 55.8 Å². The maximum Gasteiger partial charge on any atom is 0.486 e. The predicted octanol–water partition coefficient (Wildman–Crippen LogP) is 3.20. The minimum absolute atomic E-state index is 0.131. The number of terminal acetylenes is 1. The smallest absolute Gasteiger partial charge is 0.400 e. The Kier molecular flexibility index (Phi) is 6.28. The number of nitrogens with zero attached hydrogens (tertiary/aromatic N) is 1. The van der Waals surface area contributed by atoms with Crippen LogP contribution in [0.3, 0.4) is 0 Å². The fourth-order valence-corrected chi connectivity index (χ4v) is 4.15. The van der Waals surface area contributed by atoms with Crippen LogP contribution in [0.5, 0.6) is 0 Å². The lowest BCUT2D eigenvalue weighted by Gasteiger charge is -2.32. The average molecular weight is 389 g/mol. The van der Waals surface area contributed by atoms with Crippen LogP contribution in [-0.4, -0.2) is 43.6 Å². The summed E-state index contributed by atoms with van der Waals surface area (Å²) in [6, 6.07) is 6.15. The Morgan fingerprint density at radius 2 is 1.70 bits per heavy atom. The number of rotatable bonds is 6. The molecule has 0 spiro atoms. The van der Waals surface area contributed by atoms with Crippen LogP contribution in [0.4, 0.5) is 0 Å². The summed E-state index contributed by atoms with van der Waals surface area (Å²) in [5.74, 6) is 4.24. The summed E-state index contributed by atoms with van der Waals surface area (Å²) in [6.45, 7) is 11.6. The van der Waals surface area contributed by atoms with Gasteiger partial charge in [-0.25, -0.2) is 8.42 Å². The zero-order valence-electron chi connectivity index (χ0n) is 16.9. The summed E-state index contributed by atoms with van der Waals surface area (Å²) in [4.78, 5) is 0.222. The van der Waals surface area contributed by atoms with Gasteiger partial charge in [-0.2, -0.15) is 4.31 Å². The van der Waals surface area contributed by atoms with Gasteiger partial charge in [0.15, 0.2) is 0 Å². The fraction of sp³-hybridized carbons (Fsp3) is 0.500. The fourth-order valence-electron chi connectivity index (χ4n) is 2.64. The van der Waals surface area contributed by atoms with E-state index in [-0.39, 0.29) is 11.4 Å². The van der Waals surface area contributed by atoms with Gasteiger partial charge in [-0.1, -0.05) is 35.7 Å². The van der Waals surface area contributed by atoms with Crippen molar-refractivity contribution in [1.82, 2.24) is 4.31 Å². The van der Waals surface area contributed by atoms with Crippen LogP contribution in [0.2, 0.25) is 0 Å². The zero-order valence-corrected chi connectivity index (χ0v) is 17.7. The minimum atomic E-state index is -3.71. The number of aryl methyl sites for hydroxylation is 1. The van der Waals surface area contributed by atoms with E-state index in [1.54, 1.807) is 43.2 Å². The lowest BCUT2D eigenvalue weighted by molar-refractivity contribution is 0.00578. The van der Waals surface area contributed by atoms with Crippen molar-refractivity contribution in [3.05, 3.63) is 41.9 Å². The van der Waals surface area contributed by atoms with Gasteiger partial charge in [0, 0.05) is 6.54 Å². The van der Waals surface area contributed by atoms with Gasteiger partial charge in [0.1, 0.15) is 0 Å². The molecule has 1 fully saturated rings. The second-order valence-corrected chi connectivity index (χ2v) is 9.67. The van der Waals surface area contributed by atoms with Gasteiger partial charge in [0.2, 0.25) is 10.0 Å². The highest BCUT2D eigenvalue weighted by molar-refractivity contribution is 7.89. The first-order valence-corrected chi connectivity index (χ1v) is 10.4. The standard InChI is InChI=1S/C20H28BNO4S/c1-8-17(3)22(27(23,24)18-12-10-16(2)11-13-18)15-9-14-21-25-19(4,5)20(6,7)26-21/h1,9-14,17H,15H2,2-7H3/b14-9+. The van der Waals surface area contributed by atoms with Gasteiger partial charge >= 0.3 is 7.12 Å². The highest BCUT2D eigenvalue weighted by Crippen LogP contribution is 2.36.